The molecule has 19 heavy (non-hydrogen) atoms. The van der Waals surface area contributed by atoms with Gasteiger partial charge in [0.2, 0.25) is 0 Å². The van der Waals surface area contributed by atoms with E-state index in [1.165, 1.54) is 36.2 Å². The molecule has 0 heterocycles. The molecule has 7 nitrogen and oxygen atoms in total. The van der Waals surface area contributed by atoms with Crippen LogP contribution in [0.5, 0.6) is 5.75 Å². The first-order valence-electron chi connectivity index (χ1n) is 5.60. The number of phenolic OH excluding ortho intramolecular Hbond substituents is 1. The Labute approximate surface area is 110 Å². The molecular formula is C12H16N2O5. The van der Waals surface area contributed by atoms with Gasteiger partial charge in [-0.2, -0.15) is 0 Å². The lowest BCUT2D eigenvalue weighted by Gasteiger charge is -2.26. The summed E-state index contributed by atoms with van der Waals surface area (Å²) in [5.41, 5.74) is 0.356. The highest BCUT2D eigenvalue weighted by Crippen LogP contribution is 2.19. The van der Waals surface area contributed by atoms with Crippen molar-refractivity contribution in [2.75, 3.05) is 31.6 Å². The van der Waals surface area contributed by atoms with Crippen molar-refractivity contribution in [3.63, 3.8) is 0 Å². The number of nitrogens with zero attached hydrogens (tertiary/aromatic N) is 2. The molecule has 104 valence electrons. The lowest BCUT2D eigenvalue weighted by atomic mass is 10.2. The minimum absolute atomic E-state index is 0.0233. The van der Waals surface area contributed by atoms with Crippen molar-refractivity contribution in [3.05, 3.63) is 24.3 Å². The number of aliphatic hydroxyl groups is 1. The third kappa shape index (κ3) is 4.14. The summed E-state index contributed by atoms with van der Waals surface area (Å²) in [7, 11) is 1.47. The van der Waals surface area contributed by atoms with E-state index < -0.39 is 18.5 Å². The van der Waals surface area contributed by atoms with Crippen molar-refractivity contribution < 1.29 is 24.9 Å². The van der Waals surface area contributed by atoms with Crippen molar-refractivity contribution >= 4 is 17.7 Å². The smallest absolute Gasteiger partial charge is 0.324 e. The van der Waals surface area contributed by atoms with E-state index in [9.17, 15) is 14.7 Å². The van der Waals surface area contributed by atoms with Crippen LogP contribution in [0.2, 0.25) is 0 Å². The second-order valence-electron chi connectivity index (χ2n) is 3.92. The highest BCUT2D eigenvalue weighted by Gasteiger charge is 2.21. The van der Waals surface area contributed by atoms with Gasteiger partial charge in [0.25, 0.3) is 0 Å². The summed E-state index contributed by atoms with van der Waals surface area (Å²) in [5.74, 6) is -1.13. The fourth-order valence-corrected chi connectivity index (χ4v) is 1.49. The maximum atomic E-state index is 12.1. The first-order valence-corrected chi connectivity index (χ1v) is 5.60. The molecule has 1 rings (SSSR count). The maximum absolute atomic E-state index is 12.1. The highest BCUT2D eigenvalue weighted by atomic mass is 16.4. The van der Waals surface area contributed by atoms with E-state index in [0.29, 0.717) is 5.69 Å². The Morgan fingerprint density at radius 3 is 2.26 bits per heavy atom. The van der Waals surface area contributed by atoms with Crippen LogP contribution < -0.4 is 4.90 Å². The number of carbonyl (C=O) groups excluding carboxylic acids is 1. The molecule has 0 aliphatic rings. The molecule has 0 aliphatic heterocycles. The predicted molar refractivity (Wildman–Crippen MR) is 68.2 cm³/mol. The van der Waals surface area contributed by atoms with Crippen LogP contribution in [0.15, 0.2) is 24.3 Å². The first-order chi connectivity index (χ1) is 8.95. The number of benzene rings is 1. The largest absolute Gasteiger partial charge is 0.508 e. The molecule has 0 saturated carbocycles. The molecule has 0 aromatic heterocycles. The number of carboxylic acids is 1. The van der Waals surface area contributed by atoms with Crippen LogP contribution in [0.4, 0.5) is 10.5 Å². The van der Waals surface area contributed by atoms with Gasteiger partial charge in [-0.3, -0.25) is 9.69 Å². The van der Waals surface area contributed by atoms with Gasteiger partial charge < -0.3 is 20.2 Å². The number of anilines is 1. The molecular weight excluding hydrogens is 252 g/mol. The van der Waals surface area contributed by atoms with Crippen molar-refractivity contribution in [3.8, 4) is 5.75 Å². The van der Waals surface area contributed by atoms with Crippen LogP contribution in [-0.2, 0) is 4.79 Å². The van der Waals surface area contributed by atoms with Crippen LogP contribution >= 0.6 is 0 Å². The van der Waals surface area contributed by atoms with E-state index in [2.05, 4.69) is 0 Å². The summed E-state index contributed by atoms with van der Waals surface area (Å²) in [5, 5.41) is 26.8. The quantitative estimate of drug-likeness (QED) is 0.714. The lowest BCUT2D eigenvalue weighted by Crippen LogP contribution is -2.44. The second kappa shape index (κ2) is 6.60. The summed E-state index contributed by atoms with van der Waals surface area (Å²) < 4.78 is 0. The van der Waals surface area contributed by atoms with Crippen molar-refractivity contribution in [1.29, 1.82) is 0 Å². The van der Waals surface area contributed by atoms with E-state index in [1.807, 2.05) is 0 Å². The summed E-state index contributed by atoms with van der Waals surface area (Å²) >= 11 is 0. The van der Waals surface area contributed by atoms with Gasteiger partial charge in [-0.15, -0.1) is 0 Å². The Hall–Kier alpha value is -2.28. The Balaban J connectivity index is 2.97. The van der Waals surface area contributed by atoms with E-state index in [-0.39, 0.29) is 18.9 Å². The first kappa shape index (κ1) is 14.8. The standard InChI is InChI=1S/C12H16N2O5/c1-13(6-7-15)12(19)14(8-11(17)18)9-2-4-10(16)5-3-9/h2-5,15-16H,6-8H2,1H3,(H,17,18). The third-order valence-electron chi connectivity index (χ3n) is 2.45. The molecule has 0 saturated heterocycles. The summed E-state index contributed by atoms with van der Waals surface area (Å²) in [6.45, 7) is -0.606. The molecule has 3 N–H and O–H groups in total. The number of carbonyl (C=O) groups is 2. The molecule has 0 unspecified atom stereocenters. The Morgan fingerprint density at radius 1 is 1.21 bits per heavy atom. The van der Waals surface area contributed by atoms with Crippen molar-refractivity contribution in [2.24, 2.45) is 0 Å². The summed E-state index contributed by atoms with van der Waals surface area (Å²) in [6, 6.07) is 5.08. The van der Waals surface area contributed by atoms with Crippen LogP contribution in [0.25, 0.3) is 0 Å². The SMILES string of the molecule is CN(CCO)C(=O)N(CC(=O)O)c1ccc(O)cc1. The van der Waals surface area contributed by atoms with Gasteiger partial charge in [0.05, 0.1) is 6.61 Å². The number of likely N-dealkylation sites (N-methyl/N-ethyl adjacent to an activating group) is 1. The van der Waals surface area contributed by atoms with Gasteiger partial charge in [0.15, 0.2) is 0 Å². The number of aromatic hydroxyl groups is 1. The van der Waals surface area contributed by atoms with E-state index in [0.717, 1.165) is 4.90 Å². The van der Waals surface area contributed by atoms with Gasteiger partial charge in [-0.25, -0.2) is 4.79 Å². The average molecular weight is 268 g/mol. The molecule has 1 aromatic carbocycles. The minimum Gasteiger partial charge on any atom is -0.508 e. The van der Waals surface area contributed by atoms with Crippen molar-refractivity contribution in [1.82, 2.24) is 4.90 Å². The number of aliphatic carboxylic acids is 1. The van der Waals surface area contributed by atoms with Crippen LogP contribution in [0.3, 0.4) is 0 Å². The van der Waals surface area contributed by atoms with Gasteiger partial charge in [-0.05, 0) is 24.3 Å². The fourth-order valence-electron chi connectivity index (χ4n) is 1.49. The summed E-state index contributed by atoms with van der Waals surface area (Å²) in [6.07, 6.45) is 0. The number of phenols is 1. The molecule has 7 heteroatoms. The number of hydrogen-bond acceptors (Lipinski definition) is 4. The molecule has 0 bridgehead atoms. The maximum Gasteiger partial charge on any atom is 0.324 e. The fraction of sp³-hybridized carbons (Fsp3) is 0.333. The number of hydrogen-bond donors (Lipinski definition) is 3. The van der Waals surface area contributed by atoms with E-state index in [4.69, 9.17) is 10.2 Å². The van der Waals surface area contributed by atoms with E-state index >= 15 is 0 Å². The van der Waals surface area contributed by atoms with E-state index in [1.54, 1.807) is 0 Å². The number of urea groups is 1. The number of aliphatic hydroxyl groups excluding tert-OH is 1. The predicted octanol–water partition coefficient (Wildman–Crippen LogP) is 0.327. The molecule has 2 amide bonds. The summed E-state index contributed by atoms with van der Waals surface area (Å²) in [4.78, 5) is 25.2. The highest BCUT2D eigenvalue weighted by molar-refractivity contribution is 5.96. The Morgan fingerprint density at radius 2 is 1.79 bits per heavy atom. The average Bonchev–Trinajstić information content (AvgIpc) is 2.36. The van der Waals surface area contributed by atoms with Gasteiger partial charge in [0.1, 0.15) is 12.3 Å². The van der Waals surface area contributed by atoms with Crippen LogP contribution in [0.1, 0.15) is 0 Å². The number of amides is 2. The molecule has 0 radical (unpaired) electrons. The second-order valence-corrected chi connectivity index (χ2v) is 3.92. The Kier molecular flexibility index (Phi) is 5.13. The Bertz CT molecular complexity index is 446. The van der Waals surface area contributed by atoms with Gasteiger partial charge in [-0.1, -0.05) is 0 Å². The molecule has 0 spiro atoms. The minimum atomic E-state index is -1.15. The molecule has 0 fully saturated rings. The number of rotatable bonds is 5. The third-order valence-corrected chi connectivity index (χ3v) is 2.45. The van der Waals surface area contributed by atoms with Gasteiger partial charge in [0, 0.05) is 19.3 Å². The van der Waals surface area contributed by atoms with Crippen molar-refractivity contribution in [2.45, 2.75) is 0 Å². The topological polar surface area (TPSA) is 101 Å². The van der Waals surface area contributed by atoms with Gasteiger partial charge >= 0.3 is 12.0 Å². The zero-order valence-corrected chi connectivity index (χ0v) is 10.5. The zero-order chi connectivity index (χ0) is 14.4. The normalized spacial score (nSPS) is 10.0. The zero-order valence-electron chi connectivity index (χ0n) is 10.5. The number of carboxylic acid groups (broad SMARTS) is 1. The molecule has 0 atom stereocenters. The monoisotopic (exact) mass is 268 g/mol. The van der Waals surface area contributed by atoms with Crippen LogP contribution in [-0.4, -0.2) is 59.0 Å². The molecule has 1 aromatic rings. The molecule has 0 aliphatic carbocycles. The lowest BCUT2D eigenvalue weighted by molar-refractivity contribution is -0.135. The van der Waals surface area contributed by atoms with Crippen LogP contribution in [0, 0.1) is 0 Å².